The number of morpholine rings is 1. The molecular formula is C28H33N3O3. The lowest BCUT2D eigenvalue weighted by atomic mass is 9.89. The Labute approximate surface area is 201 Å². The molecule has 1 aromatic heterocycles. The number of benzene rings is 2. The summed E-state index contributed by atoms with van der Waals surface area (Å²) in [4.78, 5) is 22.4. The van der Waals surface area contributed by atoms with Gasteiger partial charge in [0.25, 0.3) is 5.91 Å². The largest absolute Gasteiger partial charge is 0.491 e. The Kier molecular flexibility index (Phi) is 7.37. The summed E-state index contributed by atoms with van der Waals surface area (Å²) < 4.78 is 11.5. The number of hydrogen-bond donors (Lipinski definition) is 0. The zero-order chi connectivity index (χ0) is 23.2. The number of amides is 1. The van der Waals surface area contributed by atoms with Crippen LogP contribution < -0.4 is 4.74 Å². The molecule has 0 aliphatic carbocycles. The first-order chi connectivity index (χ1) is 16.8. The van der Waals surface area contributed by atoms with Gasteiger partial charge in [0, 0.05) is 44.3 Å². The summed E-state index contributed by atoms with van der Waals surface area (Å²) in [5, 5.41) is 1.22. The lowest BCUT2D eigenvalue weighted by Crippen LogP contribution is -2.41. The summed E-state index contributed by atoms with van der Waals surface area (Å²) in [6, 6.07) is 18.2. The van der Waals surface area contributed by atoms with Gasteiger partial charge in [-0.3, -0.25) is 14.7 Å². The molecular weight excluding hydrogens is 426 g/mol. The summed E-state index contributed by atoms with van der Waals surface area (Å²) in [6.45, 7) is 6.42. The minimum Gasteiger partial charge on any atom is -0.491 e. The highest BCUT2D eigenvalue weighted by atomic mass is 16.5. The van der Waals surface area contributed by atoms with Gasteiger partial charge in [-0.2, -0.15) is 0 Å². The van der Waals surface area contributed by atoms with Gasteiger partial charge in [0.1, 0.15) is 12.4 Å². The van der Waals surface area contributed by atoms with Crippen molar-refractivity contribution in [1.82, 2.24) is 14.8 Å². The summed E-state index contributed by atoms with van der Waals surface area (Å²) >= 11 is 0. The lowest BCUT2D eigenvalue weighted by molar-refractivity contribution is 0.0321. The molecule has 1 amide bonds. The van der Waals surface area contributed by atoms with Crippen molar-refractivity contribution in [2.75, 3.05) is 52.5 Å². The predicted octanol–water partition coefficient (Wildman–Crippen LogP) is 4.04. The first-order valence-corrected chi connectivity index (χ1v) is 12.4. The van der Waals surface area contributed by atoms with Crippen molar-refractivity contribution in [2.45, 2.75) is 19.3 Å². The summed E-state index contributed by atoms with van der Waals surface area (Å²) in [7, 11) is 0. The molecule has 6 heteroatoms. The molecule has 2 aliphatic heterocycles. The fourth-order valence-corrected chi connectivity index (χ4v) is 5.12. The van der Waals surface area contributed by atoms with E-state index in [2.05, 4.69) is 34.1 Å². The second-order valence-corrected chi connectivity index (χ2v) is 9.25. The molecule has 1 atom stereocenters. The van der Waals surface area contributed by atoms with E-state index in [0.29, 0.717) is 23.8 Å². The number of likely N-dealkylation sites (tertiary alicyclic amines) is 1. The van der Waals surface area contributed by atoms with Crippen LogP contribution >= 0.6 is 0 Å². The van der Waals surface area contributed by atoms with Gasteiger partial charge >= 0.3 is 0 Å². The van der Waals surface area contributed by atoms with E-state index in [1.807, 2.05) is 41.4 Å². The van der Waals surface area contributed by atoms with E-state index in [1.165, 1.54) is 10.9 Å². The predicted molar refractivity (Wildman–Crippen MR) is 133 cm³/mol. The van der Waals surface area contributed by atoms with E-state index in [-0.39, 0.29) is 5.91 Å². The maximum absolute atomic E-state index is 13.5. The minimum absolute atomic E-state index is 0.0752. The number of para-hydroxylation sites is 1. The number of ether oxygens (including phenoxy) is 2. The van der Waals surface area contributed by atoms with Crippen molar-refractivity contribution in [3.05, 3.63) is 71.9 Å². The van der Waals surface area contributed by atoms with Gasteiger partial charge in [0.05, 0.1) is 24.3 Å². The highest BCUT2D eigenvalue weighted by Crippen LogP contribution is 2.27. The summed E-state index contributed by atoms with van der Waals surface area (Å²) in [5.41, 5.74) is 3.02. The molecule has 2 fully saturated rings. The van der Waals surface area contributed by atoms with Gasteiger partial charge in [0.15, 0.2) is 0 Å². The number of pyridine rings is 1. The van der Waals surface area contributed by atoms with E-state index in [1.54, 1.807) is 0 Å². The summed E-state index contributed by atoms with van der Waals surface area (Å²) in [5.74, 6) is 1.20. The third kappa shape index (κ3) is 5.40. The monoisotopic (exact) mass is 459 g/mol. The van der Waals surface area contributed by atoms with E-state index >= 15 is 0 Å². The SMILES string of the molecule is O=C(c1ccccc1OCCN1CCOCC1)N1CCC[C@H](Cc2cccc3ncccc23)C1. The maximum atomic E-state index is 13.5. The Hall–Kier alpha value is -2.96. The van der Waals surface area contributed by atoms with Crippen LogP contribution in [0.4, 0.5) is 0 Å². The normalized spacial score (nSPS) is 19.3. The van der Waals surface area contributed by atoms with Gasteiger partial charge in [-0.25, -0.2) is 0 Å². The third-order valence-corrected chi connectivity index (χ3v) is 6.94. The Morgan fingerprint density at radius 1 is 1.03 bits per heavy atom. The van der Waals surface area contributed by atoms with Crippen molar-refractivity contribution in [2.24, 2.45) is 5.92 Å². The number of aromatic nitrogens is 1. The lowest BCUT2D eigenvalue weighted by Gasteiger charge is -2.33. The van der Waals surface area contributed by atoms with E-state index < -0.39 is 0 Å². The number of piperidine rings is 1. The standard InChI is InChI=1S/C28H33N3O3/c32-28(25-8-1-2-11-27(25)34-19-16-30-14-17-33-18-15-30)31-13-5-6-22(21-31)20-23-7-3-10-26-24(23)9-4-12-29-26/h1-4,7-12,22H,5-6,13-21H2/t22-/m1/s1. The van der Waals surface area contributed by atoms with E-state index in [0.717, 1.165) is 70.7 Å². The van der Waals surface area contributed by atoms with Crippen molar-refractivity contribution in [3.8, 4) is 5.75 Å². The fourth-order valence-electron chi connectivity index (χ4n) is 5.12. The molecule has 3 aromatic rings. The van der Waals surface area contributed by atoms with Crippen molar-refractivity contribution >= 4 is 16.8 Å². The highest BCUT2D eigenvalue weighted by Gasteiger charge is 2.27. The van der Waals surface area contributed by atoms with Gasteiger partial charge in [0.2, 0.25) is 0 Å². The van der Waals surface area contributed by atoms with Crippen LogP contribution in [0.25, 0.3) is 10.9 Å². The molecule has 0 N–H and O–H groups in total. The Balaban J connectivity index is 1.23. The molecule has 0 spiro atoms. The highest BCUT2D eigenvalue weighted by molar-refractivity contribution is 5.97. The second-order valence-electron chi connectivity index (χ2n) is 9.25. The smallest absolute Gasteiger partial charge is 0.257 e. The Morgan fingerprint density at radius 2 is 1.91 bits per heavy atom. The molecule has 5 rings (SSSR count). The van der Waals surface area contributed by atoms with Crippen molar-refractivity contribution < 1.29 is 14.3 Å². The van der Waals surface area contributed by atoms with Gasteiger partial charge in [-0.1, -0.05) is 30.3 Å². The molecule has 2 saturated heterocycles. The quantitative estimate of drug-likeness (QED) is 0.534. The first kappa shape index (κ1) is 22.8. The van der Waals surface area contributed by atoms with Crippen LogP contribution in [0.5, 0.6) is 5.75 Å². The Morgan fingerprint density at radius 3 is 2.82 bits per heavy atom. The molecule has 6 nitrogen and oxygen atoms in total. The van der Waals surface area contributed by atoms with Crippen LogP contribution in [0, 0.1) is 5.92 Å². The Bertz CT molecular complexity index is 1110. The molecule has 0 bridgehead atoms. The fraction of sp³-hybridized carbons (Fsp3) is 0.429. The van der Waals surface area contributed by atoms with Crippen LogP contribution in [0.2, 0.25) is 0 Å². The zero-order valence-electron chi connectivity index (χ0n) is 19.7. The average molecular weight is 460 g/mol. The topological polar surface area (TPSA) is 54.9 Å². The van der Waals surface area contributed by atoms with Crippen LogP contribution in [-0.2, 0) is 11.2 Å². The number of rotatable bonds is 7. The van der Waals surface area contributed by atoms with Crippen LogP contribution in [0.15, 0.2) is 60.8 Å². The minimum atomic E-state index is 0.0752. The third-order valence-electron chi connectivity index (χ3n) is 6.94. The zero-order valence-corrected chi connectivity index (χ0v) is 19.7. The number of hydrogen-bond acceptors (Lipinski definition) is 5. The first-order valence-electron chi connectivity index (χ1n) is 12.4. The van der Waals surface area contributed by atoms with Gasteiger partial charge in [-0.15, -0.1) is 0 Å². The van der Waals surface area contributed by atoms with Gasteiger partial charge in [-0.05, 0) is 55.0 Å². The van der Waals surface area contributed by atoms with E-state index in [4.69, 9.17) is 9.47 Å². The molecule has 34 heavy (non-hydrogen) atoms. The molecule has 0 radical (unpaired) electrons. The number of fused-ring (bicyclic) bond motifs is 1. The van der Waals surface area contributed by atoms with Crippen molar-refractivity contribution in [3.63, 3.8) is 0 Å². The summed E-state index contributed by atoms with van der Waals surface area (Å²) in [6.07, 6.45) is 4.97. The molecule has 0 saturated carbocycles. The molecule has 2 aromatic carbocycles. The molecule has 3 heterocycles. The second kappa shape index (κ2) is 11.0. The number of carbonyl (C=O) groups is 1. The van der Waals surface area contributed by atoms with Crippen molar-refractivity contribution in [1.29, 1.82) is 0 Å². The molecule has 178 valence electrons. The van der Waals surface area contributed by atoms with Gasteiger partial charge < -0.3 is 14.4 Å². The number of nitrogens with zero attached hydrogens (tertiary/aromatic N) is 3. The number of carbonyl (C=O) groups excluding carboxylic acids is 1. The average Bonchev–Trinajstić information content (AvgIpc) is 2.90. The van der Waals surface area contributed by atoms with Crippen LogP contribution in [-0.4, -0.2) is 73.2 Å². The molecule has 0 unspecified atom stereocenters. The van der Waals surface area contributed by atoms with Crippen LogP contribution in [0.1, 0.15) is 28.8 Å². The van der Waals surface area contributed by atoms with E-state index in [9.17, 15) is 4.79 Å². The molecule has 2 aliphatic rings. The maximum Gasteiger partial charge on any atom is 0.257 e. The van der Waals surface area contributed by atoms with Crippen LogP contribution in [0.3, 0.4) is 0 Å².